The topological polar surface area (TPSA) is 63.3 Å². The van der Waals surface area contributed by atoms with Gasteiger partial charge < -0.3 is 19.7 Å². The molecule has 224 valence electrons. The van der Waals surface area contributed by atoms with Gasteiger partial charge in [-0.25, -0.2) is 0 Å². The molecular formula is C31H40F3N3O4. The van der Waals surface area contributed by atoms with Crippen LogP contribution >= 0.6 is 0 Å². The van der Waals surface area contributed by atoms with Crippen molar-refractivity contribution in [2.45, 2.75) is 49.8 Å². The molecule has 2 atom stereocenters. The lowest BCUT2D eigenvalue weighted by Crippen LogP contribution is -2.59. The second-order valence-electron chi connectivity index (χ2n) is 11.3. The number of hydroxylamine groups is 2. The fourth-order valence-electron chi connectivity index (χ4n) is 6.77. The normalized spacial score (nSPS) is 23.2. The van der Waals surface area contributed by atoms with E-state index in [1.165, 1.54) is 29.2 Å². The van der Waals surface area contributed by atoms with Gasteiger partial charge in [0.2, 0.25) is 0 Å². The number of rotatable bonds is 8. The fraction of sp³-hybridized carbons (Fsp3) is 0.581. The third kappa shape index (κ3) is 5.98. The average molecular weight is 576 g/mol. The number of carbonyl (C=O) groups excluding carboxylic acids is 1. The molecule has 3 heterocycles. The molecule has 0 aliphatic carbocycles. The number of carbonyl (C=O) groups is 1. The minimum atomic E-state index is -4.91. The highest BCUT2D eigenvalue weighted by atomic mass is 19.4. The maximum Gasteiger partial charge on any atom is 0.430 e. The van der Waals surface area contributed by atoms with E-state index in [1.807, 2.05) is 23.3 Å². The minimum absolute atomic E-state index is 0.111. The van der Waals surface area contributed by atoms with Crippen LogP contribution in [-0.4, -0.2) is 81.6 Å². The van der Waals surface area contributed by atoms with E-state index in [4.69, 9.17) is 14.3 Å². The van der Waals surface area contributed by atoms with Gasteiger partial charge in [0.05, 0.1) is 13.2 Å². The molecule has 3 saturated heterocycles. The lowest BCUT2D eigenvalue weighted by atomic mass is 9.62. The van der Waals surface area contributed by atoms with Gasteiger partial charge in [0.15, 0.2) is 0 Å². The van der Waals surface area contributed by atoms with Crippen molar-refractivity contribution in [3.63, 3.8) is 0 Å². The third-order valence-corrected chi connectivity index (χ3v) is 9.09. The summed E-state index contributed by atoms with van der Waals surface area (Å²) in [5.41, 5.74) is -2.30. The predicted octanol–water partition coefficient (Wildman–Crippen LogP) is 4.88. The van der Waals surface area contributed by atoms with Crippen LogP contribution in [0.3, 0.4) is 0 Å². The Morgan fingerprint density at radius 2 is 1.76 bits per heavy atom. The minimum Gasteiger partial charge on any atom is -0.492 e. The van der Waals surface area contributed by atoms with Crippen molar-refractivity contribution in [1.82, 2.24) is 15.3 Å². The Hall–Kier alpha value is -2.66. The summed E-state index contributed by atoms with van der Waals surface area (Å²) in [5, 5.41) is 5.47. The van der Waals surface area contributed by atoms with Gasteiger partial charge in [-0.05, 0) is 55.7 Å². The molecule has 2 aromatic rings. The van der Waals surface area contributed by atoms with Gasteiger partial charge in [-0.2, -0.15) is 18.2 Å². The molecule has 1 amide bonds. The van der Waals surface area contributed by atoms with Crippen molar-refractivity contribution < 1.29 is 32.3 Å². The molecule has 0 radical (unpaired) electrons. The summed E-state index contributed by atoms with van der Waals surface area (Å²) in [4.78, 5) is 20.7. The molecule has 1 unspecified atom stereocenters. The smallest absolute Gasteiger partial charge is 0.430 e. The Bertz CT molecular complexity index is 1150. The van der Waals surface area contributed by atoms with Crippen LogP contribution in [0, 0.1) is 5.41 Å². The molecule has 7 nitrogen and oxygen atoms in total. The first-order chi connectivity index (χ1) is 19.8. The average Bonchev–Trinajstić information content (AvgIpc) is 2.99. The number of hydrogen-bond donors (Lipinski definition) is 1. The number of hydrogen-bond acceptors (Lipinski definition) is 6. The highest BCUT2D eigenvalue weighted by Gasteiger charge is 2.64. The predicted molar refractivity (Wildman–Crippen MR) is 148 cm³/mol. The van der Waals surface area contributed by atoms with E-state index >= 15 is 0 Å². The molecule has 10 heteroatoms. The summed E-state index contributed by atoms with van der Waals surface area (Å²) in [5.74, 6) is -0.113. The van der Waals surface area contributed by atoms with Gasteiger partial charge in [0.25, 0.3) is 11.5 Å². The Morgan fingerprint density at radius 3 is 2.44 bits per heavy atom. The van der Waals surface area contributed by atoms with Crippen LogP contribution in [0.2, 0.25) is 0 Å². The zero-order valence-corrected chi connectivity index (χ0v) is 23.6. The first kappa shape index (κ1) is 29.8. The van der Waals surface area contributed by atoms with E-state index in [0.29, 0.717) is 26.0 Å². The van der Waals surface area contributed by atoms with Crippen LogP contribution in [0.1, 0.15) is 49.1 Å². The van der Waals surface area contributed by atoms with E-state index in [0.717, 1.165) is 63.9 Å². The van der Waals surface area contributed by atoms with Crippen molar-refractivity contribution >= 4 is 5.91 Å². The van der Waals surface area contributed by atoms with Crippen molar-refractivity contribution in [1.29, 1.82) is 0 Å². The number of benzene rings is 2. The quantitative estimate of drug-likeness (QED) is 0.484. The van der Waals surface area contributed by atoms with Gasteiger partial charge in [0.1, 0.15) is 12.4 Å². The zero-order chi connectivity index (χ0) is 28.9. The molecule has 3 aliphatic heterocycles. The van der Waals surface area contributed by atoms with Crippen LogP contribution in [0.5, 0.6) is 5.75 Å². The Balaban J connectivity index is 1.32. The fourth-order valence-corrected chi connectivity index (χ4v) is 6.77. The third-order valence-electron chi connectivity index (χ3n) is 9.09. The number of nitrogens with zero attached hydrogens (tertiary/aromatic N) is 2. The number of piperidine rings is 2. The monoisotopic (exact) mass is 575 g/mol. The Morgan fingerprint density at radius 1 is 1.02 bits per heavy atom. The van der Waals surface area contributed by atoms with E-state index < -0.39 is 17.7 Å². The highest BCUT2D eigenvalue weighted by molar-refractivity contribution is 5.88. The zero-order valence-electron chi connectivity index (χ0n) is 23.6. The highest BCUT2D eigenvalue weighted by Crippen LogP contribution is 2.51. The number of nitrogens with one attached hydrogen (secondary N) is 1. The Labute approximate surface area is 239 Å². The lowest BCUT2D eigenvalue weighted by Gasteiger charge is -2.51. The molecule has 3 aliphatic rings. The lowest BCUT2D eigenvalue weighted by molar-refractivity contribution is -0.271. The number of halogens is 3. The maximum atomic E-state index is 14.6. The van der Waals surface area contributed by atoms with Gasteiger partial charge in [-0.3, -0.25) is 9.63 Å². The summed E-state index contributed by atoms with van der Waals surface area (Å²) in [6.07, 6.45) is -0.632. The van der Waals surface area contributed by atoms with Crippen molar-refractivity contribution in [3.8, 4) is 5.75 Å². The first-order valence-corrected chi connectivity index (χ1v) is 14.6. The number of likely N-dealkylation sites (tertiary alicyclic amines) is 1. The summed E-state index contributed by atoms with van der Waals surface area (Å²) >= 11 is 0. The molecule has 1 N–H and O–H groups in total. The molecule has 0 saturated carbocycles. The Kier molecular flexibility index (Phi) is 9.23. The van der Waals surface area contributed by atoms with Crippen molar-refractivity contribution in [2.24, 2.45) is 5.41 Å². The summed E-state index contributed by atoms with van der Waals surface area (Å²) in [6.45, 7) is 4.87. The second-order valence-corrected chi connectivity index (χ2v) is 11.3. The van der Waals surface area contributed by atoms with E-state index in [2.05, 4.69) is 11.4 Å². The summed E-state index contributed by atoms with van der Waals surface area (Å²) in [6, 6.07) is 15.3. The number of amides is 1. The molecule has 3 fully saturated rings. The molecule has 0 bridgehead atoms. The molecule has 2 aromatic carbocycles. The van der Waals surface area contributed by atoms with E-state index in [-0.39, 0.29) is 30.0 Å². The largest absolute Gasteiger partial charge is 0.492 e. The molecule has 0 aromatic heterocycles. The number of methoxy groups -OCH3 is 1. The second kappa shape index (κ2) is 12.7. The summed E-state index contributed by atoms with van der Waals surface area (Å²) < 4.78 is 55.0. The van der Waals surface area contributed by atoms with Crippen molar-refractivity contribution in [2.75, 3.05) is 59.6 Å². The molecule has 1 spiro atoms. The van der Waals surface area contributed by atoms with Gasteiger partial charge in [-0.1, -0.05) is 48.5 Å². The molecule has 41 heavy (non-hydrogen) atoms. The van der Waals surface area contributed by atoms with E-state index in [9.17, 15) is 18.0 Å². The number of para-hydroxylation sites is 1. The van der Waals surface area contributed by atoms with Gasteiger partial charge in [0, 0.05) is 44.8 Å². The van der Waals surface area contributed by atoms with Crippen molar-refractivity contribution in [3.05, 3.63) is 65.7 Å². The van der Waals surface area contributed by atoms with E-state index in [1.54, 1.807) is 6.07 Å². The van der Waals surface area contributed by atoms with Crippen LogP contribution < -0.4 is 10.1 Å². The maximum absolute atomic E-state index is 14.6. The first-order valence-electron chi connectivity index (χ1n) is 14.6. The number of alkyl halides is 3. The van der Waals surface area contributed by atoms with Crippen LogP contribution in [-0.2, 0) is 20.0 Å². The van der Waals surface area contributed by atoms with Crippen LogP contribution in [0.25, 0.3) is 0 Å². The SMILES string of the molecule is CO[C@@](C(=O)N1CCC2(CCNCC2c2ccccc2OCCN2CCCCO2)CC1)(c1ccccc1)C(F)(F)F. The number of ether oxygens (including phenoxy) is 2. The van der Waals surface area contributed by atoms with Gasteiger partial charge >= 0.3 is 6.18 Å². The summed E-state index contributed by atoms with van der Waals surface area (Å²) in [7, 11) is 0.959. The van der Waals surface area contributed by atoms with Gasteiger partial charge in [-0.15, -0.1) is 0 Å². The molecular weight excluding hydrogens is 535 g/mol. The molecule has 5 rings (SSSR count). The van der Waals surface area contributed by atoms with Crippen LogP contribution in [0.4, 0.5) is 13.2 Å². The standard InChI is InChI=1S/C31H40F3N3O4/c1-39-30(31(32,33)34,24-9-3-2-4-10-24)28(38)36-18-14-29(15-19-36)13-16-35-23-26(29)25-11-5-6-12-27(25)40-22-20-37-17-7-8-21-41-37/h2-6,9-12,26,35H,7-8,13-23H2,1H3/t26?,30-/m1/s1. The van der Waals surface area contributed by atoms with Crippen LogP contribution in [0.15, 0.2) is 54.6 Å².